The van der Waals surface area contributed by atoms with Crippen molar-refractivity contribution in [3.05, 3.63) is 30.3 Å². The maximum absolute atomic E-state index is 12.2. The number of amides is 1. The van der Waals surface area contributed by atoms with Gasteiger partial charge in [0.1, 0.15) is 0 Å². The summed E-state index contributed by atoms with van der Waals surface area (Å²) in [5.41, 5.74) is 0. The van der Waals surface area contributed by atoms with Crippen LogP contribution in [0, 0.1) is 0 Å². The van der Waals surface area contributed by atoms with Crippen molar-refractivity contribution in [2.45, 2.75) is 53.9 Å². The number of carbonyl (C=O) groups excluding carboxylic acids is 1. The molecule has 1 heterocycles. The molecule has 4 nitrogen and oxygen atoms in total. The molecule has 2 fully saturated rings. The number of rotatable bonds is 5. The largest absolute Gasteiger partial charge is 0.392 e. The van der Waals surface area contributed by atoms with Crippen molar-refractivity contribution in [1.29, 1.82) is 0 Å². The SMILES string of the molecule is Cl.O=C(NCC1(Sc2ccccc2)CCCC1)C1CC(O)CN1. The second kappa shape index (κ2) is 8.38. The number of β-amino-alcohol motifs (C(OH)–C–C–N with tert-alkyl or cyclic N) is 1. The highest BCUT2D eigenvalue weighted by Gasteiger charge is 2.36. The van der Waals surface area contributed by atoms with Crippen LogP contribution in [0.4, 0.5) is 0 Å². The fourth-order valence-corrected chi connectivity index (χ4v) is 4.79. The summed E-state index contributed by atoms with van der Waals surface area (Å²) in [5, 5.41) is 15.7. The van der Waals surface area contributed by atoms with E-state index in [0.29, 0.717) is 19.5 Å². The minimum absolute atomic E-state index is 0. The van der Waals surface area contributed by atoms with Crippen molar-refractivity contribution >= 4 is 30.1 Å². The van der Waals surface area contributed by atoms with Crippen molar-refractivity contribution in [2.24, 2.45) is 0 Å². The predicted molar refractivity (Wildman–Crippen MR) is 96.2 cm³/mol. The van der Waals surface area contributed by atoms with Gasteiger partial charge >= 0.3 is 0 Å². The number of thioether (sulfide) groups is 1. The van der Waals surface area contributed by atoms with Gasteiger partial charge in [0.25, 0.3) is 0 Å². The van der Waals surface area contributed by atoms with Crippen LogP contribution in [0.5, 0.6) is 0 Å². The van der Waals surface area contributed by atoms with Crippen LogP contribution < -0.4 is 10.6 Å². The lowest BCUT2D eigenvalue weighted by Crippen LogP contribution is -2.45. The van der Waals surface area contributed by atoms with Gasteiger partial charge in [0.2, 0.25) is 5.91 Å². The van der Waals surface area contributed by atoms with Crippen LogP contribution in [0.15, 0.2) is 35.2 Å². The summed E-state index contributed by atoms with van der Waals surface area (Å²) in [6.45, 7) is 1.22. The average Bonchev–Trinajstić information content (AvgIpc) is 3.16. The zero-order valence-corrected chi connectivity index (χ0v) is 14.8. The van der Waals surface area contributed by atoms with E-state index in [4.69, 9.17) is 0 Å². The number of benzene rings is 1. The molecule has 2 unspecified atom stereocenters. The number of nitrogens with one attached hydrogen (secondary N) is 2. The highest BCUT2D eigenvalue weighted by molar-refractivity contribution is 8.00. The molecule has 1 aliphatic heterocycles. The van der Waals surface area contributed by atoms with Crippen LogP contribution >= 0.6 is 24.2 Å². The number of halogens is 1. The number of carbonyl (C=O) groups is 1. The van der Waals surface area contributed by atoms with E-state index in [2.05, 4.69) is 34.9 Å². The Labute approximate surface area is 148 Å². The third-order valence-corrected chi connectivity index (χ3v) is 6.09. The van der Waals surface area contributed by atoms with Crippen LogP contribution in [-0.4, -0.2) is 41.0 Å². The van der Waals surface area contributed by atoms with Gasteiger partial charge in [-0.1, -0.05) is 31.0 Å². The summed E-state index contributed by atoms with van der Waals surface area (Å²) in [7, 11) is 0. The molecule has 1 aliphatic carbocycles. The van der Waals surface area contributed by atoms with Gasteiger partial charge in [-0.2, -0.15) is 0 Å². The second-order valence-corrected chi connectivity index (χ2v) is 7.91. The van der Waals surface area contributed by atoms with Crippen molar-refractivity contribution in [2.75, 3.05) is 13.1 Å². The molecule has 23 heavy (non-hydrogen) atoms. The summed E-state index contributed by atoms with van der Waals surface area (Å²) in [5.74, 6) is 0.0245. The Morgan fingerprint density at radius 2 is 2.00 bits per heavy atom. The lowest BCUT2D eigenvalue weighted by Gasteiger charge is -2.29. The first-order valence-electron chi connectivity index (χ1n) is 8.10. The summed E-state index contributed by atoms with van der Waals surface area (Å²) in [4.78, 5) is 13.5. The molecule has 3 rings (SSSR count). The molecule has 1 aromatic carbocycles. The van der Waals surface area contributed by atoms with Crippen LogP contribution in [0.1, 0.15) is 32.1 Å². The van der Waals surface area contributed by atoms with Crippen LogP contribution in [-0.2, 0) is 4.79 Å². The van der Waals surface area contributed by atoms with Gasteiger partial charge in [-0.25, -0.2) is 0 Å². The van der Waals surface area contributed by atoms with E-state index < -0.39 is 6.10 Å². The molecule has 0 spiro atoms. The minimum Gasteiger partial charge on any atom is -0.392 e. The van der Waals surface area contributed by atoms with Gasteiger partial charge in [-0.05, 0) is 31.4 Å². The van der Waals surface area contributed by atoms with Gasteiger partial charge in [-0.15, -0.1) is 24.2 Å². The van der Waals surface area contributed by atoms with E-state index in [1.54, 1.807) is 0 Å². The Bertz CT molecular complexity index is 509. The predicted octanol–water partition coefficient (Wildman–Crippen LogP) is 2.35. The summed E-state index contributed by atoms with van der Waals surface area (Å²) in [6, 6.07) is 10.2. The fraction of sp³-hybridized carbons (Fsp3) is 0.588. The van der Waals surface area contributed by atoms with Crippen molar-refractivity contribution in [3.8, 4) is 0 Å². The number of aliphatic hydroxyl groups is 1. The quantitative estimate of drug-likeness (QED) is 0.758. The third kappa shape index (κ3) is 4.86. The molecule has 2 aliphatic rings. The lowest BCUT2D eigenvalue weighted by molar-refractivity contribution is -0.123. The minimum atomic E-state index is -0.394. The smallest absolute Gasteiger partial charge is 0.237 e. The van der Waals surface area contributed by atoms with Gasteiger partial charge in [0.15, 0.2) is 0 Å². The molecule has 2 atom stereocenters. The van der Waals surface area contributed by atoms with E-state index in [0.717, 1.165) is 12.8 Å². The first-order chi connectivity index (χ1) is 10.7. The Hall–Kier alpha value is -0.750. The molecule has 1 saturated heterocycles. The zero-order chi connectivity index (χ0) is 15.4. The summed E-state index contributed by atoms with van der Waals surface area (Å²) in [6.07, 6.45) is 4.88. The lowest BCUT2D eigenvalue weighted by atomic mass is 10.1. The normalized spacial score (nSPS) is 25.8. The maximum Gasteiger partial charge on any atom is 0.237 e. The molecule has 128 valence electrons. The monoisotopic (exact) mass is 356 g/mol. The average molecular weight is 357 g/mol. The fourth-order valence-electron chi connectivity index (χ4n) is 3.36. The van der Waals surface area contributed by atoms with Gasteiger partial charge in [-0.3, -0.25) is 4.79 Å². The van der Waals surface area contributed by atoms with Crippen LogP contribution in [0.3, 0.4) is 0 Å². The summed E-state index contributed by atoms with van der Waals surface area (Å²) >= 11 is 1.90. The summed E-state index contributed by atoms with van der Waals surface area (Å²) < 4.78 is 0.119. The van der Waals surface area contributed by atoms with Crippen molar-refractivity contribution in [3.63, 3.8) is 0 Å². The van der Waals surface area contributed by atoms with Crippen molar-refractivity contribution in [1.82, 2.24) is 10.6 Å². The second-order valence-electron chi connectivity index (χ2n) is 6.37. The molecule has 1 amide bonds. The first-order valence-corrected chi connectivity index (χ1v) is 8.92. The van der Waals surface area contributed by atoms with Crippen LogP contribution in [0.2, 0.25) is 0 Å². The van der Waals surface area contributed by atoms with Gasteiger partial charge in [0.05, 0.1) is 12.1 Å². The van der Waals surface area contributed by atoms with E-state index in [1.807, 2.05) is 17.8 Å². The zero-order valence-electron chi connectivity index (χ0n) is 13.2. The molecule has 0 bridgehead atoms. The molecular formula is C17H25ClN2O2S. The number of hydrogen-bond acceptors (Lipinski definition) is 4. The van der Waals surface area contributed by atoms with Gasteiger partial charge in [0, 0.05) is 22.7 Å². The molecule has 6 heteroatoms. The number of aliphatic hydroxyl groups excluding tert-OH is 1. The molecule has 1 aromatic rings. The number of hydrogen-bond donors (Lipinski definition) is 3. The maximum atomic E-state index is 12.2. The molecule has 3 N–H and O–H groups in total. The molecular weight excluding hydrogens is 332 g/mol. The highest BCUT2D eigenvalue weighted by atomic mass is 35.5. The van der Waals surface area contributed by atoms with Crippen molar-refractivity contribution < 1.29 is 9.90 Å². The van der Waals surface area contributed by atoms with E-state index in [9.17, 15) is 9.90 Å². The first kappa shape index (κ1) is 18.6. The highest BCUT2D eigenvalue weighted by Crippen LogP contribution is 2.44. The third-order valence-electron chi connectivity index (χ3n) is 4.60. The van der Waals surface area contributed by atoms with E-state index >= 15 is 0 Å². The molecule has 1 saturated carbocycles. The van der Waals surface area contributed by atoms with E-state index in [1.165, 1.54) is 17.7 Å². The Morgan fingerprint density at radius 1 is 1.30 bits per heavy atom. The Balaban J connectivity index is 0.00000192. The van der Waals surface area contributed by atoms with Crippen LogP contribution in [0.25, 0.3) is 0 Å². The van der Waals surface area contributed by atoms with E-state index in [-0.39, 0.29) is 29.1 Å². The van der Waals surface area contributed by atoms with Gasteiger partial charge < -0.3 is 15.7 Å². The molecule has 0 aromatic heterocycles. The standard InChI is InChI=1S/C17H24N2O2S.ClH/c20-13-10-15(18-11-13)16(21)19-12-17(8-4-5-9-17)22-14-6-2-1-3-7-14;/h1-3,6-7,13,15,18,20H,4-5,8-12H2,(H,19,21);1H. The topological polar surface area (TPSA) is 61.4 Å². The Morgan fingerprint density at radius 3 is 2.61 bits per heavy atom. The Kier molecular flexibility index (Phi) is 6.77. The molecule has 0 radical (unpaired) electrons.